The van der Waals surface area contributed by atoms with Gasteiger partial charge >= 0.3 is 0 Å². The van der Waals surface area contributed by atoms with Gasteiger partial charge in [-0.25, -0.2) is 0 Å². The predicted molar refractivity (Wildman–Crippen MR) is 60.2 cm³/mol. The molecule has 0 saturated carbocycles. The van der Waals surface area contributed by atoms with E-state index in [1.165, 1.54) is 5.56 Å². The third-order valence-electron chi connectivity index (χ3n) is 2.85. The molecule has 1 rings (SSSR count). The van der Waals surface area contributed by atoms with Crippen LogP contribution in [0.25, 0.3) is 0 Å². The lowest BCUT2D eigenvalue weighted by molar-refractivity contribution is 0.118. The summed E-state index contributed by atoms with van der Waals surface area (Å²) in [5, 5.41) is 9.49. The zero-order chi connectivity index (χ0) is 10.4. The molecule has 78 valence electrons. The Bertz CT molecular complexity index is 241. The van der Waals surface area contributed by atoms with E-state index in [1.54, 1.807) is 0 Å². The molecule has 1 aromatic carbocycles. The maximum Gasteiger partial charge on any atom is 0.0540 e. The number of hydrogen-bond acceptors (Lipinski definition) is 1. The summed E-state index contributed by atoms with van der Waals surface area (Å²) in [5.74, 6) is 0.440. The Hall–Kier alpha value is -0.820. The van der Waals surface area contributed by atoms with Crippen molar-refractivity contribution in [2.45, 2.75) is 39.2 Å². The van der Waals surface area contributed by atoms with Crippen LogP contribution in [-0.4, -0.2) is 11.2 Å². The van der Waals surface area contributed by atoms with Gasteiger partial charge in [0.1, 0.15) is 0 Å². The van der Waals surface area contributed by atoms with Crippen LogP contribution >= 0.6 is 0 Å². The molecular formula is C13H20O. The normalized spacial score (nSPS) is 15.1. The van der Waals surface area contributed by atoms with Crippen LogP contribution in [-0.2, 0) is 6.42 Å². The van der Waals surface area contributed by atoms with E-state index in [0.717, 1.165) is 19.3 Å². The van der Waals surface area contributed by atoms with Crippen molar-refractivity contribution in [1.29, 1.82) is 0 Å². The van der Waals surface area contributed by atoms with E-state index in [-0.39, 0.29) is 6.10 Å². The van der Waals surface area contributed by atoms with E-state index < -0.39 is 0 Å². The van der Waals surface area contributed by atoms with Crippen molar-refractivity contribution in [1.82, 2.24) is 0 Å². The zero-order valence-electron chi connectivity index (χ0n) is 9.11. The number of benzene rings is 1. The third kappa shape index (κ3) is 3.51. The van der Waals surface area contributed by atoms with Gasteiger partial charge in [-0.15, -0.1) is 0 Å². The monoisotopic (exact) mass is 192 g/mol. The molecule has 0 aliphatic heterocycles. The minimum atomic E-state index is -0.177. The van der Waals surface area contributed by atoms with Crippen LogP contribution in [0.3, 0.4) is 0 Å². The van der Waals surface area contributed by atoms with Crippen molar-refractivity contribution in [2.24, 2.45) is 5.92 Å². The SMILES string of the molecule is CC[C@@H](CCc1ccccc1)[C@H](C)O. The Kier molecular flexibility index (Phi) is 4.68. The van der Waals surface area contributed by atoms with Crippen LogP contribution in [0.1, 0.15) is 32.3 Å². The lowest BCUT2D eigenvalue weighted by Crippen LogP contribution is -2.16. The molecule has 0 spiro atoms. The van der Waals surface area contributed by atoms with Gasteiger partial charge in [0.05, 0.1) is 6.10 Å². The molecule has 2 atom stereocenters. The van der Waals surface area contributed by atoms with Gasteiger partial charge in [-0.05, 0) is 31.2 Å². The van der Waals surface area contributed by atoms with Crippen LogP contribution in [0, 0.1) is 5.92 Å². The molecule has 0 unspecified atom stereocenters. The van der Waals surface area contributed by atoms with Gasteiger partial charge in [-0.2, -0.15) is 0 Å². The second-order valence-electron chi connectivity index (χ2n) is 3.93. The first-order valence-corrected chi connectivity index (χ1v) is 5.46. The molecule has 0 fully saturated rings. The van der Waals surface area contributed by atoms with Crippen molar-refractivity contribution in [3.05, 3.63) is 35.9 Å². The molecule has 0 radical (unpaired) electrons. The number of aliphatic hydroxyl groups excluding tert-OH is 1. The minimum Gasteiger partial charge on any atom is -0.393 e. The average molecular weight is 192 g/mol. The molecule has 1 aromatic rings. The van der Waals surface area contributed by atoms with Gasteiger partial charge < -0.3 is 5.11 Å². The average Bonchev–Trinajstić information content (AvgIpc) is 2.20. The maximum atomic E-state index is 9.49. The maximum absolute atomic E-state index is 9.49. The fraction of sp³-hybridized carbons (Fsp3) is 0.538. The number of aliphatic hydroxyl groups is 1. The van der Waals surface area contributed by atoms with Gasteiger partial charge in [0.2, 0.25) is 0 Å². The summed E-state index contributed by atoms with van der Waals surface area (Å²) in [6.45, 7) is 4.03. The third-order valence-corrected chi connectivity index (χ3v) is 2.85. The molecule has 1 heteroatoms. The van der Waals surface area contributed by atoms with Gasteiger partial charge in [-0.3, -0.25) is 0 Å². The zero-order valence-corrected chi connectivity index (χ0v) is 9.11. The van der Waals surface area contributed by atoms with Crippen LogP contribution in [0.5, 0.6) is 0 Å². The molecular weight excluding hydrogens is 172 g/mol. The number of aryl methyl sites for hydroxylation is 1. The van der Waals surface area contributed by atoms with Crippen LogP contribution in [0.4, 0.5) is 0 Å². The largest absolute Gasteiger partial charge is 0.393 e. The summed E-state index contributed by atoms with van der Waals surface area (Å²) < 4.78 is 0. The summed E-state index contributed by atoms with van der Waals surface area (Å²) >= 11 is 0. The first kappa shape index (κ1) is 11.3. The minimum absolute atomic E-state index is 0.177. The lowest BCUT2D eigenvalue weighted by Gasteiger charge is -2.17. The fourth-order valence-corrected chi connectivity index (χ4v) is 1.78. The summed E-state index contributed by atoms with van der Waals surface area (Å²) in [5.41, 5.74) is 1.37. The van der Waals surface area contributed by atoms with Crippen molar-refractivity contribution in [3.8, 4) is 0 Å². The summed E-state index contributed by atoms with van der Waals surface area (Å²) in [6, 6.07) is 10.5. The van der Waals surface area contributed by atoms with Crippen LogP contribution < -0.4 is 0 Å². The van der Waals surface area contributed by atoms with Gasteiger partial charge in [0.25, 0.3) is 0 Å². The van der Waals surface area contributed by atoms with E-state index in [0.29, 0.717) is 5.92 Å². The topological polar surface area (TPSA) is 20.2 Å². The van der Waals surface area contributed by atoms with Gasteiger partial charge in [0.15, 0.2) is 0 Å². The molecule has 0 aliphatic carbocycles. The van der Waals surface area contributed by atoms with Gasteiger partial charge in [-0.1, -0.05) is 43.7 Å². The van der Waals surface area contributed by atoms with Crippen LogP contribution in [0.15, 0.2) is 30.3 Å². The summed E-state index contributed by atoms with van der Waals surface area (Å²) in [6.07, 6.45) is 3.04. The Morgan fingerprint density at radius 3 is 2.36 bits per heavy atom. The molecule has 0 aliphatic rings. The molecule has 0 amide bonds. The fourth-order valence-electron chi connectivity index (χ4n) is 1.78. The van der Waals surface area contributed by atoms with Crippen molar-refractivity contribution < 1.29 is 5.11 Å². The Balaban J connectivity index is 2.40. The highest BCUT2D eigenvalue weighted by Crippen LogP contribution is 2.16. The number of rotatable bonds is 5. The standard InChI is InChI=1S/C13H20O/c1-3-13(11(2)14)10-9-12-7-5-4-6-8-12/h4-8,11,13-14H,3,9-10H2,1-2H3/t11-,13-/m0/s1. The summed E-state index contributed by atoms with van der Waals surface area (Å²) in [7, 11) is 0. The van der Waals surface area contributed by atoms with E-state index in [2.05, 4.69) is 31.2 Å². The molecule has 1 nitrogen and oxygen atoms in total. The van der Waals surface area contributed by atoms with Gasteiger partial charge in [0, 0.05) is 0 Å². The highest BCUT2D eigenvalue weighted by Gasteiger charge is 2.11. The Labute approximate surface area is 86.8 Å². The van der Waals surface area contributed by atoms with Crippen molar-refractivity contribution >= 4 is 0 Å². The molecule has 14 heavy (non-hydrogen) atoms. The van der Waals surface area contributed by atoms with E-state index >= 15 is 0 Å². The smallest absolute Gasteiger partial charge is 0.0540 e. The number of hydrogen-bond donors (Lipinski definition) is 1. The molecule has 1 N–H and O–H groups in total. The highest BCUT2D eigenvalue weighted by atomic mass is 16.3. The van der Waals surface area contributed by atoms with Crippen LogP contribution in [0.2, 0.25) is 0 Å². The summed E-state index contributed by atoms with van der Waals surface area (Å²) in [4.78, 5) is 0. The molecule has 0 saturated heterocycles. The Morgan fingerprint density at radius 2 is 1.86 bits per heavy atom. The van der Waals surface area contributed by atoms with Crippen molar-refractivity contribution in [3.63, 3.8) is 0 Å². The Morgan fingerprint density at radius 1 is 1.21 bits per heavy atom. The molecule has 0 aromatic heterocycles. The predicted octanol–water partition coefficient (Wildman–Crippen LogP) is 3.03. The molecule has 0 bridgehead atoms. The van der Waals surface area contributed by atoms with E-state index in [9.17, 15) is 5.11 Å². The first-order valence-electron chi connectivity index (χ1n) is 5.46. The molecule has 0 heterocycles. The van der Waals surface area contributed by atoms with E-state index in [4.69, 9.17) is 0 Å². The highest BCUT2D eigenvalue weighted by molar-refractivity contribution is 5.14. The quantitative estimate of drug-likeness (QED) is 0.760. The van der Waals surface area contributed by atoms with Crippen molar-refractivity contribution in [2.75, 3.05) is 0 Å². The second kappa shape index (κ2) is 5.82. The van der Waals surface area contributed by atoms with E-state index in [1.807, 2.05) is 13.0 Å². The first-order chi connectivity index (χ1) is 6.74. The lowest BCUT2D eigenvalue weighted by atomic mass is 9.93. The second-order valence-corrected chi connectivity index (χ2v) is 3.93.